The molecule has 4 heterocycles. The van der Waals surface area contributed by atoms with Crippen molar-refractivity contribution in [1.82, 2.24) is 8.80 Å². The standard InChI is InChI=1S/C30H24N2O2/c1-20(24-11-7-15-31-18-22(17-28(24)31)26-10-3-5-14-30(26)34)27-12-6-8-23-16-21(19-32(23)27)25-9-2-4-13-29(25)33/h2-20,33-34H,1H3. The molecule has 6 aromatic rings. The second-order valence-corrected chi connectivity index (χ2v) is 8.72. The molecule has 4 heteroatoms. The third-order valence-corrected chi connectivity index (χ3v) is 6.67. The minimum atomic E-state index is 0.115. The van der Waals surface area contributed by atoms with Crippen LogP contribution >= 0.6 is 0 Å². The topological polar surface area (TPSA) is 49.3 Å². The number of hydrogen-bond donors (Lipinski definition) is 2. The van der Waals surface area contributed by atoms with Gasteiger partial charge in [-0.3, -0.25) is 0 Å². The zero-order chi connectivity index (χ0) is 23.2. The van der Waals surface area contributed by atoms with Gasteiger partial charge in [-0.05, 0) is 48.0 Å². The van der Waals surface area contributed by atoms with Crippen molar-refractivity contribution in [2.75, 3.05) is 0 Å². The Morgan fingerprint density at radius 2 is 1.35 bits per heavy atom. The van der Waals surface area contributed by atoms with Crippen LogP contribution in [0.5, 0.6) is 11.5 Å². The highest BCUT2D eigenvalue weighted by molar-refractivity contribution is 5.77. The van der Waals surface area contributed by atoms with Crippen LogP contribution in [0, 0.1) is 0 Å². The minimum Gasteiger partial charge on any atom is -0.507 e. The summed E-state index contributed by atoms with van der Waals surface area (Å²) in [6.45, 7) is 2.22. The van der Waals surface area contributed by atoms with Crippen molar-refractivity contribution >= 4 is 11.0 Å². The first kappa shape index (κ1) is 20.2. The normalized spacial score (nSPS) is 12.4. The van der Waals surface area contributed by atoms with Crippen LogP contribution < -0.4 is 0 Å². The number of benzene rings is 2. The number of aromatic hydroxyl groups is 2. The lowest BCUT2D eigenvalue weighted by Crippen LogP contribution is -2.04. The van der Waals surface area contributed by atoms with Crippen LogP contribution in [-0.4, -0.2) is 19.0 Å². The molecular formula is C30H24N2O2. The Bertz CT molecular complexity index is 1530. The van der Waals surface area contributed by atoms with Gasteiger partial charge in [0.05, 0.1) is 0 Å². The molecule has 34 heavy (non-hydrogen) atoms. The molecular weight excluding hydrogens is 420 g/mol. The smallest absolute Gasteiger partial charge is 0.123 e. The van der Waals surface area contributed by atoms with Gasteiger partial charge in [-0.2, -0.15) is 0 Å². The van der Waals surface area contributed by atoms with Gasteiger partial charge in [-0.1, -0.05) is 55.5 Å². The quantitative estimate of drug-likeness (QED) is 0.305. The van der Waals surface area contributed by atoms with Crippen LogP contribution in [0.3, 0.4) is 0 Å². The van der Waals surface area contributed by atoms with Gasteiger partial charge < -0.3 is 19.0 Å². The van der Waals surface area contributed by atoms with Crippen LogP contribution in [0.25, 0.3) is 33.3 Å². The summed E-state index contributed by atoms with van der Waals surface area (Å²) >= 11 is 0. The maximum atomic E-state index is 10.3. The fourth-order valence-corrected chi connectivity index (χ4v) is 4.92. The van der Waals surface area contributed by atoms with E-state index in [0.29, 0.717) is 0 Å². The maximum Gasteiger partial charge on any atom is 0.123 e. The number of aromatic nitrogens is 2. The Morgan fingerprint density at radius 1 is 0.676 bits per heavy atom. The summed E-state index contributed by atoms with van der Waals surface area (Å²) in [6, 6.07) is 29.7. The number of nitrogens with zero attached hydrogens (tertiary/aromatic N) is 2. The number of fused-ring (bicyclic) bond motifs is 2. The van der Waals surface area contributed by atoms with Gasteiger partial charge in [0.25, 0.3) is 0 Å². The van der Waals surface area contributed by atoms with Crippen LogP contribution in [0.4, 0.5) is 0 Å². The van der Waals surface area contributed by atoms with Gasteiger partial charge >= 0.3 is 0 Å². The van der Waals surface area contributed by atoms with E-state index in [2.05, 4.69) is 70.6 Å². The van der Waals surface area contributed by atoms with E-state index in [-0.39, 0.29) is 17.4 Å². The molecule has 0 amide bonds. The van der Waals surface area contributed by atoms with E-state index < -0.39 is 0 Å². The Balaban J connectivity index is 1.47. The molecule has 4 aromatic heterocycles. The summed E-state index contributed by atoms with van der Waals surface area (Å²) in [5.41, 5.74) is 8.18. The lowest BCUT2D eigenvalue weighted by Gasteiger charge is -2.16. The molecule has 6 rings (SSSR count). The molecule has 0 aliphatic heterocycles. The zero-order valence-corrected chi connectivity index (χ0v) is 18.8. The molecule has 0 fully saturated rings. The van der Waals surface area contributed by atoms with Crippen molar-refractivity contribution in [3.05, 3.63) is 121 Å². The summed E-state index contributed by atoms with van der Waals surface area (Å²) in [4.78, 5) is 0. The van der Waals surface area contributed by atoms with Crippen LogP contribution in [0.2, 0.25) is 0 Å². The monoisotopic (exact) mass is 444 g/mol. The lowest BCUT2D eigenvalue weighted by molar-refractivity contribution is 0.477. The summed E-state index contributed by atoms with van der Waals surface area (Å²) in [6.07, 6.45) is 6.20. The van der Waals surface area contributed by atoms with Crippen molar-refractivity contribution in [3.8, 4) is 33.8 Å². The van der Waals surface area contributed by atoms with Crippen LogP contribution in [-0.2, 0) is 0 Å². The predicted molar refractivity (Wildman–Crippen MR) is 137 cm³/mol. The van der Waals surface area contributed by atoms with Crippen molar-refractivity contribution < 1.29 is 10.2 Å². The van der Waals surface area contributed by atoms with E-state index >= 15 is 0 Å². The minimum absolute atomic E-state index is 0.115. The van der Waals surface area contributed by atoms with Gasteiger partial charge in [-0.15, -0.1) is 0 Å². The number of phenolic OH excluding ortho intramolecular Hbond substituents is 2. The first-order chi connectivity index (χ1) is 16.6. The summed E-state index contributed by atoms with van der Waals surface area (Å²) in [5.74, 6) is 0.675. The Labute approximate surface area is 197 Å². The maximum absolute atomic E-state index is 10.3. The van der Waals surface area contributed by atoms with Gasteiger partial charge in [0, 0.05) is 63.5 Å². The molecule has 0 bridgehead atoms. The van der Waals surface area contributed by atoms with Crippen LogP contribution in [0.15, 0.2) is 110 Å². The third kappa shape index (κ3) is 3.23. The highest BCUT2D eigenvalue weighted by atomic mass is 16.3. The van der Waals surface area contributed by atoms with E-state index in [4.69, 9.17) is 0 Å². The molecule has 166 valence electrons. The zero-order valence-electron chi connectivity index (χ0n) is 18.8. The number of pyridine rings is 2. The molecule has 2 N–H and O–H groups in total. The first-order valence-electron chi connectivity index (χ1n) is 11.4. The fourth-order valence-electron chi connectivity index (χ4n) is 4.92. The van der Waals surface area contributed by atoms with Gasteiger partial charge in [-0.25, -0.2) is 0 Å². The Hall–Kier alpha value is -4.44. The third-order valence-electron chi connectivity index (χ3n) is 6.67. The lowest BCUT2D eigenvalue weighted by atomic mass is 9.96. The molecule has 1 atom stereocenters. The molecule has 1 unspecified atom stereocenters. The van der Waals surface area contributed by atoms with E-state index in [0.717, 1.165) is 39.0 Å². The van der Waals surface area contributed by atoms with Gasteiger partial charge in [0.2, 0.25) is 0 Å². The summed E-state index contributed by atoms with van der Waals surface area (Å²) in [7, 11) is 0. The van der Waals surface area contributed by atoms with Crippen LogP contribution in [0.1, 0.15) is 24.1 Å². The molecule has 0 saturated carbocycles. The van der Waals surface area contributed by atoms with E-state index in [1.165, 1.54) is 5.56 Å². The number of rotatable bonds is 4. The van der Waals surface area contributed by atoms with Crippen molar-refractivity contribution in [3.63, 3.8) is 0 Å². The molecule has 0 radical (unpaired) electrons. The molecule has 0 aliphatic carbocycles. The van der Waals surface area contributed by atoms with Gasteiger partial charge in [0.15, 0.2) is 0 Å². The average Bonchev–Trinajstić information content (AvgIpc) is 3.48. The molecule has 2 aromatic carbocycles. The van der Waals surface area contributed by atoms with Gasteiger partial charge in [0.1, 0.15) is 11.5 Å². The largest absolute Gasteiger partial charge is 0.507 e. The number of phenols is 2. The highest BCUT2D eigenvalue weighted by Gasteiger charge is 2.18. The van der Waals surface area contributed by atoms with Crippen molar-refractivity contribution in [2.24, 2.45) is 0 Å². The second kappa shape index (κ2) is 7.85. The fraction of sp³-hybridized carbons (Fsp3) is 0.0667. The second-order valence-electron chi connectivity index (χ2n) is 8.72. The average molecular weight is 445 g/mol. The molecule has 0 spiro atoms. The summed E-state index contributed by atoms with van der Waals surface area (Å²) in [5, 5.41) is 20.7. The molecule has 0 saturated heterocycles. The van der Waals surface area contributed by atoms with E-state index in [1.807, 2.05) is 42.6 Å². The number of hydrogen-bond acceptors (Lipinski definition) is 2. The first-order valence-corrected chi connectivity index (χ1v) is 11.4. The Morgan fingerprint density at radius 3 is 2.06 bits per heavy atom. The SMILES string of the molecule is CC(c1cccn2cc(-c3ccccc3O)cc12)c1cccc2cc(-c3ccccc3O)cn12. The molecule has 0 aliphatic rings. The summed E-state index contributed by atoms with van der Waals surface area (Å²) < 4.78 is 4.33. The molecule has 4 nitrogen and oxygen atoms in total. The van der Waals surface area contributed by atoms with E-state index in [1.54, 1.807) is 12.1 Å². The Kier molecular flexibility index (Phi) is 4.66. The number of para-hydroxylation sites is 2. The predicted octanol–water partition coefficient (Wildman–Crippen LogP) is 7.09. The van der Waals surface area contributed by atoms with E-state index in [9.17, 15) is 10.2 Å². The van der Waals surface area contributed by atoms with Crippen molar-refractivity contribution in [1.29, 1.82) is 0 Å². The highest BCUT2D eigenvalue weighted by Crippen LogP contribution is 2.36. The van der Waals surface area contributed by atoms with Crippen molar-refractivity contribution in [2.45, 2.75) is 12.8 Å².